The van der Waals surface area contributed by atoms with E-state index in [1.165, 1.54) is 12.1 Å². The molecule has 12 heavy (non-hydrogen) atoms. The molecular formula is C9H5FNO. The molecule has 1 aromatic heterocycles. The van der Waals surface area contributed by atoms with Crippen LogP contribution in [0.15, 0.2) is 24.3 Å². The third kappa shape index (κ3) is 0.993. The number of nitrogens with one attached hydrogen (secondary N) is 1. The van der Waals surface area contributed by atoms with Gasteiger partial charge in [-0.3, -0.25) is 4.79 Å². The van der Waals surface area contributed by atoms with Crippen molar-refractivity contribution in [3.8, 4) is 0 Å². The Labute approximate surface area is 68.0 Å². The van der Waals surface area contributed by atoms with Crippen LogP contribution in [-0.2, 0) is 4.79 Å². The molecule has 1 radical (unpaired) electrons. The SMILES string of the molecule is O=[C]c1cc2cc(F)ccc2[nH]1. The van der Waals surface area contributed by atoms with Crippen LogP contribution < -0.4 is 0 Å². The minimum Gasteiger partial charge on any atom is -0.352 e. The Kier molecular flexibility index (Phi) is 1.43. The van der Waals surface area contributed by atoms with Crippen molar-refractivity contribution < 1.29 is 9.18 Å². The Morgan fingerprint density at radius 2 is 2.17 bits per heavy atom. The predicted octanol–water partition coefficient (Wildman–Crippen LogP) is 1.76. The second-order valence-corrected chi connectivity index (χ2v) is 2.52. The zero-order valence-electron chi connectivity index (χ0n) is 6.10. The summed E-state index contributed by atoms with van der Waals surface area (Å²) in [6, 6.07) is 5.86. The highest BCUT2D eigenvalue weighted by atomic mass is 19.1. The molecule has 2 nitrogen and oxygen atoms in total. The van der Waals surface area contributed by atoms with Gasteiger partial charge >= 0.3 is 0 Å². The number of aromatic amines is 1. The molecule has 0 aliphatic rings. The van der Waals surface area contributed by atoms with Gasteiger partial charge in [0.1, 0.15) is 5.82 Å². The van der Waals surface area contributed by atoms with Crippen LogP contribution in [0.1, 0.15) is 5.69 Å². The zero-order chi connectivity index (χ0) is 8.55. The molecule has 0 amide bonds. The molecule has 1 N–H and O–H groups in total. The normalized spacial score (nSPS) is 10.4. The van der Waals surface area contributed by atoms with E-state index in [1.54, 1.807) is 18.4 Å². The maximum absolute atomic E-state index is 12.6. The van der Waals surface area contributed by atoms with Gasteiger partial charge in [0.25, 0.3) is 6.29 Å². The van der Waals surface area contributed by atoms with Gasteiger partial charge in [0.05, 0.1) is 5.69 Å². The lowest BCUT2D eigenvalue weighted by molar-refractivity contribution is 0.562. The lowest BCUT2D eigenvalue weighted by atomic mass is 10.2. The van der Waals surface area contributed by atoms with E-state index in [4.69, 9.17) is 0 Å². The number of carbonyl (C=O) groups excluding carboxylic acids is 1. The zero-order valence-corrected chi connectivity index (χ0v) is 6.10. The molecular weight excluding hydrogens is 157 g/mol. The topological polar surface area (TPSA) is 32.9 Å². The van der Waals surface area contributed by atoms with Crippen molar-refractivity contribution in [2.75, 3.05) is 0 Å². The Balaban J connectivity index is 2.75. The van der Waals surface area contributed by atoms with E-state index in [-0.39, 0.29) is 5.82 Å². The van der Waals surface area contributed by atoms with Crippen LogP contribution in [0.5, 0.6) is 0 Å². The number of benzene rings is 1. The fourth-order valence-electron chi connectivity index (χ4n) is 1.16. The van der Waals surface area contributed by atoms with Crippen molar-refractivity contribution in [1.82, 2.24) is 4.98 Å². The summed E-state index contributed by atoms with van der Waals surface area (Å²) < 4.78 is 12.6. The number of hydrogen-bond acceptors (Lipinski definition) is 1. The summed E-state index contributed by atoms with van der Waals surface area (Å²) >= 11 is 0. The highest BCUT2D eigenvalue weighted by Gasteiger charge is 2.00. The van der Waals surface area contributed by atoms with E-state index in [9.17, 15) is 9.18 Å². The molecule has 59 valence electrons. The summed E-state index contributed by atoms with van der Waals surface area (Å²) in [6.45, 7) is 0. The largest absolute Gasteiger partial charge is 0.352 e. The average molecular weight is 162 g/mol. The van der Waals surface area contributed by atoms with E-state index in [2.05, 4.69) is 4.98 Å². The van der Waals surface area contributed by atoms with Gasteiger partial charge in [-0.15, -0.1) is 0 Å². The molecule has 0 saturated heterocycles. The van der Waals surface area contributed by atoms with Gasteiger partial charge in [-0.1, -0.05) is 0 Å². The number of rotatable bonds is 1. The van der Waals surface area contributed by atoms with Gasteiger partial charge in [-0.05, 0) is 24.3 Å². The van der Waals surface area contributed by atoms with Crippen LogP contribution in [-0.4, -0.2) is 11.3 Å². The summed E-state index contributed by atoms with van der Waals surface area (Å²) in [5.41, 5.74) is 1.09. The van der Waals surface area contributed by atoms with Crippen LogP contribution in [0.4, 0.5) is 4.39 Å². The number of H-pyrrole nitrogens is 1. The first-order valence-electron chi connectivity index (χ1n) is 3.46. The van der Waals surface area contributed by atoms with Crippen LogP contribution in [0, 0.1) is 5.82 Å². The predicted molar refractivity (Wildman–Crippen MR) is 43.1 cm³/mol. The lowest BCUT2D eigenvalue weighted by Gasteiger charge is -1.87. The summed E-state index contributed by atoms with van der Waals surface area (Å²) in [5, 5.41) is 0.688. The molecule has 2 aromatic rings. The molecule has 0 fully saturated rings. The van der Waals surface area contributed by atoms with Crippen LogP contribution >= 0.6 is 0 Å². The minimum absolute atomic E-state index is 0.307. The average Bonchev–Trinajstić information content (AvgIpc) is 2.46. The van der Waals surface area contributed by atoms with Gasteiger partial charge in [0.15, 0.2) is 0 Å². The molecule has 0 saturated carbocycles. The van der Waals surface area contributed by atoms with E-state index < -0.39 is 0 Å². The second kappa shape index (κ2) is 2.44. The molecule has 0 atom stereocenters. The first-order valence-corrected chi connectivity index (χ1v) is 3.46. The summed E-state index contributed by atoms with van der Waals surface area (Å²) in [4.78, 5) is 13.0. The fraction of sp³-hybridized carbons (Fsp3) is 0. The van der Waals surface area contributed by atoms with E-state index >= 15 is 0 Å². The summed E-state index contributed by atoms with van der Waals surface area (Å²) in [7, 11) is 0. The molecule has 2 rings (SSSR count). The van der Waals surface area contributed by atoms with Crippen molar-refractivity contribution >= 4 is 17.2 Å². The quantitative estimate of drug-likeness (QED) is 0.680. The molecule has 0 aliphatic carbocycles. The molecule has 0 spiro atoms. The van der Waals surface area contributed by atoms with Crippen molar-refractivity contribution in [2.45, 2.75) is 0 Å². The van der Waals surface area contributed by atoms with Crippen LogP contribution in [0.25, 0.3) is 10.9 Å². The number of fused-ring (bicyclic) bond motifs is 1. The first kappa shape index (κ1) is 7.03. The van der Waals surface area contributed by atoms with Crippen molar-refractivity contribution in [1.29, 1.82) is 0 Å². The van der Waals surface area contributed by atoms with Gasteiger partial charge in [0.2, 0.25) is 0 Å². The third-order valence-corrected chi connectivity index (χ3v) is 1.69. The summed E-state index contributed by atoms with van der Waals surface area (Å²) in [6.07, 6.45) is 1.71. The fourth-order valence-corrected chi connectivity index (χ4v) is 1.16. The highest BCUT2D eigenvalue weighted by Crippen LogP contribution is 2.15. The van der Waals surface area contributed by atoms with Gasteiger partial charge in [-0.25, -0.2) is 4.39 Å². The minimum atomic E-state index is -0.307. The molecule has 0 bridgehead atoms. The van der Waals surface area contributed by atoms with Crippen molar-refractivity contribution in [3.05, 3.63) is 35.8 Å². The molecule has 3 heteroatoms. The van der Waals surface area contributed by atoms with E-state index in [0.29, 0.717) is 11.1 Å². The van der Waals surface area contributed by atoms with Crippen molar-refractivity contribution in [3.63, 3.8) is 0 Å². The van der Waals surface area contributed by atoms with E-state index in [0.717, 1.165) is 5.52 Å². The van der Waals surface area contributed by atoms with E-state index in [1.807, 2.05) is 0 Å². The molecule has 0 unspecified atom stereocenters. The highest BCUT2D eigenvalue weighted by molar-refractivity contribution is 5.87. The Hall–Kier alpha value is -1.64. The lowest BCUT2D eigenvalue weighted by Crippen LogP contribution is -1.75. The number of hydrogen-bond donors (Lipinski definition) is 1. The van der Waals surface area contributed by atoms with Crippen molar-refractivity contribution in [2.24, 2.45) is 0 Å². The van der Waals surface area contributed by atoms with Gasteiger partial charge in [0, 0.05) is 10.9 Å². The Morgan fingerprint density at radius 1 is 1.33 bits per heavy atom. The smallest absolute Gasteiger partial charge is 0.251 e. The second-order valence-electron chi connectivity index (χ2n) is 2.52. The monoisotopic (exact) mass is 162 g/mol. The first-order chi connectivity index (χ1) is 5.79. The summed E-state index contributed by atoms with van der Waals surface area (Å²) in [5.74, 6) is -0.307. The molecule has 1 aromatic carbocycles. The molecule has 1 heterocycles. The Bertz CT molecular complexity index is 433. The molecule has 0 aliphatic heterocycles. The maximum Gasteiger partial charge on any atom is 0.251 e. The van der Waals surface area contributed by atoms with Crippen LogP contribution in [0.2, 0.25) is 0 Å². The number of aromatic nitrogens is 1. The number of halogens is 1. The van der Waals surface area contributed by atoms with Crippen LogP contribution in [0.3, 0.4) is 0 Å². The van der Waals surface area contributed by atoms with Gasteiger partial charge in [-0.2, -0.15) is 0 Å². The standard InChI is InChI=1S/C9H5FNO/c10-7-1-2-9-6(3-7)4-8(5-12)11-9/h1-4,11H. The van der Waals surface area contributed by atoms with Gasteiger partial charge < -0.3 is 4.98 Å². The maximum atomic E-state index is 12.6. The Morgan fingerprint density at radius 3 is 2.92 bits per heavy atom. The third-order valence-electron chi connectivity index (χ3n) is 1.69.